The predicted molar refractivity (Wildman–Crippen MR) is 78.8 cm³/mol. The normalized spacial score (nSPS) is 26.4. The number of nitrogens with one attached hydrogen (secondary N) is 1. The van der Waals surface area contributed by atoms with Gasteiger partial charge in [-0.25, -0.2) is 0 Å². The van der Waals surface area contributed by atoms with E-state index in [1.807, 2.05) is 30.5 Å². The number of fused-ring (bicyclic) bond motifs is 2. The summed E-state index contributed by atoms with van der Waals surface area (Å²) >= 11 is 0. The van der Waals surface area contributed by atoms with E-state index in [4.69, 9.17) is 0 Å². The number of likely N-dealkylation sites (N-methyl/N-ethyl adjacent to an activating group) is 1. The first-order valence-corrected chi connectivity index (χ1v) is 7.32. The van der Waals surface area contributed by atoms with E-state index in [9.17, 15) is 4.79 Å². The van der Waals surface area contributed by atoms with E-state index < -0.39 is 0 Å². The molecule has 2 saturated heterocycles. The van der Waals surface area contributed by atoms with Crippen LogP contribution in [0.3, 0.4) is 0 Å². The maximum absolute atomic E-state index is 12.8. The van der Waals surface area contributed by atoms with Crippen LogP contribution < -0.4 is 0 Å². The summed E-state index contributed by atoms with van der Waals surface area (Å²) in [7, 11) is 2.17. The molecule has 0 radical (unpaired) electrons. The van der Waals surface area contributed by atoms with Crippen molar-refractivity contribution in [1.29, 1.82) is 0 Å². The van der Waals surface area contributed by atoms with Gasteiger partial charge in [0.2, 0.25) is 0 Å². The molecule has 2 aliphatic rings. The highest BCUT2D eigenvalue weighted by atomic mass is 16.2. The van der Waals surface area contributed by atoms with Gasteiger partial charge in [0.15, 0.2) is 0 Å². The first kappa shape index (κ1) is 12.0. The molecule has 1 aromatic heterocycles. The van der Waals surface area contributed by atoms with E-state index in [0.717, 1.165) is 42.4 Å². The zero-order valence-corrected chi connectivity index (χ0v) is 11.7. The van der Waals surface area contributed by atoms with Gasteiger partial charge >= 0.3 is 0 Å². The summed E-state index contributed by atoms with van der Waals surface area (Å²) in [6.07, 6.45) is 4.13. The van der Waals surface area contributed by atoms with Crippen molar-refractivity contribution in [2.75, 3.05) is 20.1 Å². The van der Waals surface area contributed by atoms with E-state index in [1.54, 1.807) is 0 Å². The number of H-pyrrole nitrogens is 1. The van der Waals surface area contributed by atoms with Gasteiger partial charge in [-0.05, 0) is 44.2 Å². The number of amides is 1. The van der Waals surface area contributed by atoms with Gasteiger partial charge in [-0.3, -0.25) is 4.79 Å². The van der Waals surface area contributed by atoms with Gasteiger partial charge in [-0.2, -0.15) is 0 Å². The van der Waals surface area contributed by atoms with E-state index in [-0.39, 0.29) is 5.91 Å². The molecule has 0 spiro atoms. The zero-order valence-electron chi connectivity index (χ0n) is 11.7. The topological polar surface area (TPSA) is 39.3 Å². The SMILES string of the molecule is CN1CC[C@@H]2[C@@H]1CCN2C(=O)c1ccc2[nH]ccc2c1. The van der Waals surface area contributed by atoms with Crippen molar-refractivity contribution in [2.45, 2.75) is 24.9 Å². The molecule has 2 atom stereocenters. The first-order valence-electron chi connectivity index (χ1n) is 7.32. The molecule has 0 aliphatic carbocycles. The Morgan fingerprint density at radius 3 is 2.95 bits per heavy atom. The molecule has 4 heteroatoms. The minimum Gasteiger partial charge on any atom is -0.361 e. The van der Waals surface area contributed by atoms with Crippen molar-refractivity contribution in [3.05, 3.63) is 36.0 Å². The van der Waals surface area contributed by atoms with Gasteiger partial charge < -0.3 is 14.8 Å². The van der Waals surface area contributed by atoms with Gasteiger partial charge in [-0.1, -0.05) is 0 Å². The third-order valence-electron chi connectivity index (χ3n) is 4.92. The summed E-state index contributed by atoms with van der Waals surface area (Å²) in [4.78, 5) is 20.4. The number of nitrogens with zero attached hydrogens (tertiary/aromatic N) is 2. The fourth-order valence-corrected chi connectivity index (χ4v) is 3.81. The average Bonchev–Trinajstić information content (AvgIpc) is 3.15. The zero-order chi connectivity index (χ0) is 13.7. The van der Waals surface area contributed by atoms with Crippen LogP contribution >= 0.6 is 0 Å². The lowest BCUT2D eigenvalue weighted by Gasteiger charge is -2.24. The minimum atomic E-state index is 0.191. The summed E-state index contributed by atoms with van der Waals surface area (Å²) in [6.45, 7) is 2.00. The van der Waals surface area contributed by atoms with E-state index in [1.165, 1.54) is 0 Å². The lowest BCUT2D eigenvalue weighted by atomic mass is 10.1. The van der Waals surface area contributed by atoms with E-state index in [0.29, 0.717) is 12.1 Å². The Labute approximate surface area is 118 Å². The van der Waals surface area contributed by atoms with Crippen LogP contribution in [0.4, 0.5) is 0 Å². The highest BCUT2D eigenvalue weighted by Gasteiger charge is 2.42. The van der Waals surface area contributed by atoms with Gasteiger partial charge in [0.25, 0.3) is 5.91 Å². The second-order valence-electron chi connectivity index (χ2n) is 5.97. The highest BCUT2D eigenvalue weighted by molar-refractivity contribution is 5.98. The second-order valence-corrected chi connectivity index (χ2v) is 5.97. The number of hydrogen-bond donors (Lipinski definition) is 1. The highest BCUT2D eigenvalue weighted by Crippen LogP contribution is 2.31. The number of aromatic amines is 1. The average molecular weight is 269 g/mol. The summed E-state index contributed by atoms with van der Waals surface area (Å²) in [5.41, 5.74) is 1.90. The molecule has 1 aromatic carbocycles. The van der Waals surface area contributed by atoms with Crippen LogP contribution in [0.5, 0.6) is 0 Å². The Morgan fingerprint density at radius 2 is 2.05 bits per heavy atom. The number of carbonyl (C=O) groups excluding carboxylic acids is 1. The molecule has 4 rings (SSSR count). The van der Waals surface area contributed by atoms with Crippen LogP contribution in [0.25, 0.3) is 10.9 Å². The van der Waals surface area contributed by atoms with Crippen molar-refractivity contribution < 1.29 is 4.79 Å². The molecule has 4 nitrogen and oxygen atoms in total. The molecular formula is C16H19N3O. The molecule has 104 valence electrons. The van der Waals surface area contributed by atoms with Gasteiger partial charge in [0, 0.05) is 47.8 Å². The summed E-state index contributed by atoms with van der Waals surface area (Å²) in [6, 6.07) is 8.93. The largest absolute Gasteiger partial charge is 0.361 e. The summed E-state index contributed by atoms with van der Waals surface area (Å²) < 4.78 is 0. The Hall–Kier alpha value is -1.81. The fraction of sp³-hybridized carbons (Fsp3) is 0.438. The molecule has 0 saturated carbocycles. The third-order valence-corrected chi connectivity index (χ3v) is 4.92. The van der Waals surface area contributed by atoms with Crippen molar-refractivity contribution in [2.24, 2.45) is 0 Å². The number of carbonyl (C=O) groups is 1. The maximum Gasteiger partial charge on any atom is 0.254 e. The number of likely N-dealkylation sites (tertiary alicyclic amines) is 2. The molecule has 0 bridgehead atoms. The van der Waals surface area contributed by atoms with Crippen LogP contribution in [0.2, 0.25) is 0 Å². The predicted octanol–water partition coefficient (Wildman–Crippen LogP) is 2.09. The standard InChI is InChI=1S/C16H19N3O/c1-18-8-5-15-14(18)6-9-19(15)16(20)12-2-3-13-11(10-12)4-7-17-13/h2-4,7,10,14-15,17H,5-6,8-9H2,1H3/t14-,15+/m0/s1. The van der Waals surface area contributed by atoms with Crippen molar-refractivity contribution >= 4 is 16.8 Å². The minimum absolute atomic E-state index is 0.191. The Bertz CT molecular complexity index is 663. The second kappa shape index (κ2) is 4.35. The molecule has 3 heterocycles. The molecule has 0 unspecified atom stereocenters. The van der Waals surface area contributed by atoms with Crippen LogP contribution in [0.15, 0.2) is 30.5 Å². The van der Waals surface area contributed by atoms with Crippen LogP contribution in [-0.2, 0) is 0 Å². The molecule has 2 fully saturated rings. The lowest BCUT2D eigenvalue weighted by molar-refractivity contribution is 0.0734. The van der Waals surface area contributed by atoms with Crippen LogP contribution in [-0.4, -0.2) is 52.9 Å². The number of aromatic nitrogens is 1. The first-order chi connectivity index (χ1) is 9.74. The molecule has 1 amide bonds. The van der Waals surface area contributed by atoms with E-state index >= 15 is 0 Å². The molecule has 1 N–H and O–H groups in total. The van der Waals surface area contributed by atoms with Crippen molar-refractivity contribution in [3.63, 3.8) is 0 Å². The van der Waals surface area contributed by atoms with Crippen molar-refractivity contribution in [1.82, 2.24) is 14.8 Å². The van der Waals surface area contributed by atoms with Gasteiger partial charge in [0.05, 0.1) is 0 Å². The lowest BCUT2D eigenvalue weighted by Crippen LogP contribution is -2.38. The molecule has 2 aliphatic heterocycles. The Morgan fingerprint density at radius 1 is 1.20 bits per heavy atom. The summed E-state index contributed by atoms with van der Waals surface area (Å²) in [5.74, 6) is 0.191. The molecular weight excluding hydrogens is 250 g/mol. The quantitative estimate of drug-likeness (QED) is 0.861. The maximum atomic E-state index is 12.8. The number of rotatable bonds is 1. The van der Waals surface area contributed by atoms with Crippen LogP contribution in [0.1, 0.15) is 23.2 Å². The number of benzene rings is 1. The summed E-state index contributed by atoms with van der Waals surface area (Å²) in [5, 5.41) is 1.11. The smallest absolute Gasteiger partial charge is 0.254 e. The Kier molecular flexibility index (Phi) is 2.60. The fourth-order valence-electron chi connectivity index (χ4n) is 3.81. The number of hydrogen-bond acceptors (Lipinski definition) is 2. The third kappa shape index (κ3) is 1.68. The molecule has 2 aromatic rings. The molecule has 20 heavy (non-hydrogen) atoms. The van der Waals surface area contributed by atoms with E-state index in [2.05, 4.69) is 21.8 Å². The van der Waals surface area contributed by atoms with Gasteiger partial charge in [0.1, 0.15) is 0 Å². The van der Waals surface area contributed by atoms with Crippen LogP contribution in [0, 0.1) is 0 Å². The van der Waals surface area contributed by atoms with Gasteiger partial charge in [-0.15, -0.1) is 0 Å². The Balaban J connectivity index is 1.63. The van der Waals surface area contributed by atoms with Crippen molar-refractivity contribution in [3.8, 4) is 0 Å². The monoisotopic (exact) mass is 269 g/mol.